The molecule has 0 bridgehead atoms. The minimum atomic E-state index is -0.919. The Morgan fingerprint density at radius 1 is 0.830 bits per heavy atom. The summed E-state index contributed by atoms with van der Waals surface area (Å²) >= 11 is 6.11. The average Bonchev–Trinajstić information content (AvgIpc) is 3.75. The topological polar surface area (TPSA) is 100 Å². The van der Waals surface area contributed by atoms with E-state index in [1.165, 1.54) is 6.33 Å². The maximum atomic E-state index is 12.9. The van der Waals surface area contributed by atoms with Crippen LogP contribution in [-0.4, -0.2) is 50.3 Å². The van der Waals surface area contributed by atoms with E-state index in [4.69, 9.17) is 25.8 Å². The van der Waals surface area contributed by atoms with E-state index in [0.717, 1.165) is 16.7 Å². The molecular weight excluding hydrogens is 614 g/mol. The van der Waals surface area contributed by atoms with Crippen molar-refractivity contribution in [2.45, 2.75) is 30.5 Å². The first kappa shape index (κ1) is 30.7. The number of alkyl halides is 1. The van der Waals surface area contributed by atoms with Gasteiger partial charge in [0.1, 0.15) is 30.3 Å². The Labute approximate surface area is 277 Å². The van der Waals surface area contributed by atoms with Crippen LogP contribution in [-0.2, 0) is 19.8 Å². The Bertz CT molecular complexity index is 1830. The molecular formula is C37H32ClN5O4. The molecule has 1 amide bonds. The molecule has 6 aromatic rings. The molecule has 0 saturated carbocycles. The lowest BCUT2D eigenvalue weighted by atomic mass is 9.80. The third kappa shape index (κ3) is 6.14. The van der Waals surface area contributed by atoms with Crippen LogP contribution in [0.5, 0.6) is 0 Å². The SMILES string of the molecule is O=C(Nc1ncnc2c1ncn2[C@H]1CC(OCCl)[C@@H](COC(c2ccccc2)(c2ccccc2)c2ccccc2)O1)c1ccccc1. The summed E-state index contributed by atoms with van der Waals surface area (Å²) in [7, 11) is 0. The van der Waals surface area contributed by atoms with Crippen molar-refractivity contribution in [3.05, 3.63) is 156 Å². The first-order chi connectivity index (χ1) is 23.2. The zero-order chi connectivity index (χ0) is 32.1. The van der Waals surface area contributed by atoms with Crippen LogP contribution in [0.1, 0.15) is 39.7 Å². The lowest BCUT2D eigenvalue weighted by Crippen LogP contribution is -2.38. The quantitative estimate of drug-likeness (QED) is 0.120. The number of hydrogen-bond acceptors (Lipinski definition) is 7. The van der Waals surface area contributed by atoms with Crippen molar-refractivity contribution < 1.29 is 19.0 Å². The third-order valence-electron chi connectivity index (χ3n) is 8.40. The van der Waals surface area contributed by atoms with Gasteiger partial charge in [-0.05, 0) is 28.8 Å². The number of anilines is 1. The predicted octanol–water partition coefficient (Wildman–Crippen LogP) is 6.96. The number of imidazole rings is 1. The van der Waals surface area contributed by atoms with Gasteiger partial charge in [0.05, 0.1) is 19.0 Å². The van der Waals surface area contributed by atoms with Gasteiger partial charge >= 0.3 is 0 Å². The Hall–Kier alpha value is -4.93. The van der Waals surface area contributed by atoms with Crippen molar-refractivity contribution in [1.82, 2.24) is 19.5 Å². The van der Waals surface area contributed by atoms with Gasteiger partial charge < -0.3 is 19.5 Å². The number of carbonyl (C=O) groups excluding carboxylic acids is 1. The number of halogens is 1. The van der Waals surface area contributed by atoms with Crippen LogP contribution in [0.4, 0.5) is 5.82 Å². The molecule has 3 heterocycles. The molecule has 236 valence electrons. The van der Waals surface area contributed by atoms with Gasteiger partial charge in [0.15, 0.2) is 17.0 Å². The molecule has 1 saturated heterocycles. The maximum Gasteiger partial charge on any atom is 0.256 e. The van der Waals surface area contributed by atoms with Crippen molar-refractivity contribution in [2.75, 3.05) is 18.0 Å². The number of hydrogen-bond donors (Lipinski definition) is 1. The average molecular weight is 646 g/mol. The van der Waals surface area contributed by atoms with Crippen LogP contribution in [0.3, 0.4) is 0 Å². The van der Waals surface area contributed by atoms with E-state index in [9.17, 15) is 4.79 Å². The highest BCUT2D eigenvalue weighted by Crippen LogP contribution is 2.42. The van der Waals surface area contributed by atoms with Crippen LogP contribution in [0.25, 0.3) is 11.2 Å². The number of carbonyl (C=O) groups is 1. The van der Waals surface area contributed by atoms with E-state index in [-0.39, 0.29) is 24.7 Å². The van der Waals surface area contributed by atoms with E-state index in [1.54, 1.807) is 30.6 Å². The molecule has 1 N–H and O–H groups in total. The Balaban J connectivity index is 1.18. The number of rotatable bonds is 11. The minimum absolute atomic E-state index is 0.000950. The fourth-order valence-electron chi connectivity index (χ4n) is 6.18. The maximum absolute atomic E-state index is 12.9. The van der Waals surface area contributed by atoms with Crippen LogP contribution >= 0.6 is 11.6 Å². The molecule has 0 aliphatic carbocycles. The summed E-state index contributed by atoms with van der Waals surface area (Å²) in [5.41, 5.74) is 3.53. The summed E-state index contributed by atoms with van der Waals surface area (Å²) in [6, 6.07) is 39.5. The zero-order valence-electron chi connectivity index (χ0n) is 25.4. The van der Waals surface area contributed by atoms with E-state index >= 15 is 0 Å². The lowest BCUT2D eigenvalue weighted by Gasteiger charge is -2.37. The van der Waals surface area contributed by atoms with Gasteiger partial charge in [-0.2, -0.15) is 0 Å². The molecule has 0 spiro atoms. The summed E-state index contributed by atoms with van der Waals surface area (Å²) in [5.74, 6) is 0.0243. The van der Waals surface area contributed by atoms with Crippen molar-refractivity contribution in [2.24, 2.45) is 0 Å². The molecule has 1 unspecified atom stereocenters. The van der Waals surface area contributed by atoms with E-state index in [2.05, 4.69) is 56.7 Å². The number of ether oxygens (including phenoxy) is 3. The minimum Gasteiger partial charge on any atom is -0.360 e. The van der Waals surface area contributed by atoms with E-state index in [0.29, 0.717) is 29.0 Å². The number of benzene rings is 4. The summed E-state index contributed by atoms with van der Waals surface area (Å²) in [4.78, 5) is 26.2. The zero-order valence-corrected chi connectivity index (χ0v) is 26.1. The Morgan fingerprint density at radius 3 is 1.98 bits per heavy atom. The first-order valence-corrected chi connectivity index (χ1v) is 15.9. The third-order valence-corrected chi connectivity index (χ3v) is 8.53. The summed E-state index contributed by atoms with van der Waals surface area (Å²) < 4.78 is 21.5. The monoisotopic (exact) mass is 645 g/mol. The second kappa shape index (κ2) is 13.8. The van der Waals surface area contributed by atoms with Crippen LogP contribution in [0, 0.1) is 0 Å². The molecule has 4 aromatic carbocycles. The fraction of sp³-hybridized carbons (Fsp3) is 0.189. The van der Waals surface area contributed by atoms with E-state index in [1.807, 2.05) is 65.2 Å². The van der Waals surface area contributed by atoms with Crippen molar-refractivity contribution >= 4 is 34.5 Å². The predicted molar refractivity (Wildman–Crippen MR) is 179 cm³/mol. The van der Waals surface area contributed by atoms with E-state index < -0.39 is 17.9 Å². The molecule has 2 aromatic heterocycles. The van der Waals surface area contributed by atoms with Crippen molar-refractivity contribution in [3.8, 4) is 0 Å². The van der Waals surface area contributed by atoms with Gasteiger partial charge in [0.25, 0.3) is 5.91 Å². The lowest BCUT2D eigenvalue weighted by molar-refractivity contribution is -0.0994. The highest BCUT2D eigenvalue weighted by atomic mass is 35.5. The summed E-state index contributed by atoms with van der Waals surface area (Å²) in [6.45, 7) is 0.205. The molecule has 10 heteroatoms. The molecule has 3 atom stereocenters. The van der Waals surface area contributed by atoms with Gasteiger partial charge in [-0.25, -0.2) is 15.0 Å². The largest absolute Gasteiger partial charge is 0.360 e. The molecule has 9 nitrogen and oxygen atoms in total. The molecule has 1 fully saturated rings. The highest BCUT2D eigenvalue weighted by molar-refractivity contribution is 6.17. The second-order valence-corrected chi connectivity index (χ2v) is 11.4. The number of nitrogens with zero attached hydrogens (tertiary/aromatic N) is 4. The van der Waals surface area contributed by atoms with Gasteiger partial charge in [0, 0.05) is 12.0 Å². The second-order valence-electron chi connectivity index (χ2n) is 11.1. The number of amides is 1. The highest BCUT2D eigenvalue weighted by Gasteiger charge is 2.43. The molecule has 7 rings (SSSR count). The van der Waals surface area contributed by atoms with Gasteiger partial charge in [0.2, 0.25) is 0 Å². The standard InChI is InChI=1S/C37H32ClN5O4/c38-23-45-30-21-32(43-25-41-33-34(39-24-40-35(33)43)42-36(44)26-13-5-1-6-14-26)47-31(30)22-46-37(27-15-7-2-8-16-27,28-17-9-3-10-18-28)29-19-11-4-12-20-29/h1-20,24-25,30-32H,21-23H2,(H,39,40,42,44)/t30?,31-,32-/m1/s1. The fourth-order valence-corrected chi connectivity index (χ4v) is 6.34. The van der Waals surface area contributed by atoms with Crippen molar-refractivity contribution in [1.29, 1.82) is 0 Å². The molecule has 47 heavy (non-hydrogen) atoms. The number of aromatic nitrogens is 4. The first-order valence-electron chi connectivity index (χ1n) is 15.3. The normalized spacial score (nSPS) is 17.9. The van der Waals surface area contributed by atoms with Gasteiger partial charge in [-0.3, -0.25) is 9.36 Å². The molecule has 1 aliphatic rings. The Kier molecular flexibility index (Phi) is 9.03. The smallest absolute Gasteiger partial charge is 0.256 e. The summed E-state index contributed by atoms with van der Waals surface area (Å²) in [5, 5.41) is 2.86. The van der Waals surface area contributed by atoms with Crippen LogP contribution in [0.2, 0.25) is 0 Å². The van der Waals surface area contributed by atoms with Gasteiger partial charge in [-0.15, -0.1) is 0 Å². The molecule has 0 radical (unpaired) electrons. The van der Waals surface area contributed by atoms with Crippen molar-refractivity contribution in [3.63, 3.8) is 0 Å². The Morgan fingerprint density at radius 2 is 1.40 bits per heavy atom. The van der Waals surface area contributed by atoms with Crippen LogP contribution < -0.4 is 5.32 Å². The van der Waals surface area contributed by atoms with Crippen LogP contribution in [0.15, 0.2) is 134 Å². The molecule has 1 aliphatic heterocycles. The summed E-state index contributed by atoms with van der Waals surface area (Å²) in [6.07, 6.45) is 2.22. The van der Waals surface area contributed by atoms with Gasteiger partial charge in [-0.1, -0.05) is 121 Å². The number of nitrogens with one attached hydrogen (secondary N) is 1. The number of fused-ring (bicyclic) bond motifs is 1.